The van der Waals surface area contributed by atoms with Crippen LogP contribution < -0.4 is 21.2 Å². The Kier molecular flexibility index (Phi) is 11.6. The minimum absolute atomic E-state index is 0.0232. The second kappa shape index (κ2) is 17.1. The summed E-state index contributed by atoms with van der Waals surface area (Å²) in [4.78, 5) is 59.9. The molecule has 4 aromatic heterocycles. The average Bonchev–Trinajstić information content (AvgIpc) is 3.93. The highest BCUT2D eigenvalue weighted by molar-refractivity contribution is 6.08. The molecule has 3 aliphatic rings. The van der Waals surface area contributed by atoms with Gasteiger partial charge in [0.2, 0.25) is 11.8 Å². The number of carbonyl (C=O) groups is 3. The second-order valence-electron chi connectivity index (χ2n) is 15.6. The van der Waals surface area contributed by atoms with Crippen LogP contribution in [0, 0.1) is 17.8 Å². The molecule has 1 saturated carbocycles. The minimum atomic E-state index is -2.87. The molecule has 0 spiro atoms. The van der Waals surface area contributed by atoms with E-state index in [-0.39, 0.29) is 41.7 Å². The highest BCUT2D eigenvalue weighted by atomic mass is 19.3. The Morgan fingerprint density at radius 2 is 1.90 bits per heavy atom. The van der Waals surface area contributed by atoms with Crippen LogP contribution in [-0.2, 0) is 21.4 Å². The largest absolute Gasteiger partial charge is 0.378 e. The Bertz CT molecular complexity index is 2500. The van der Waals surface area contributed by atoms with Crippen molar-refractivity contribution in [1.82, 2.24) is 43.7 Å². The standard InChI is InChI=1S/C41H47F2N11O5/c1-49(17-5-3-4-7-27-8-6-9-31-36(27)50(2)41(58)54(31)32-14-15-34(55)47-40(32)57)24-26-10-12-28(13-11-26)53-25-30(35(48-53)37(42)43)45-39(56)29-23-44-52-18-16-33(46-38(29)52)51-19-21-59-22-20-51/h6,8-9,16,18,23,25-26,28,32,37H,3,5,10-15,17,19-22,24H2,1-2H3,(H,45,56)(H,47,55,57). The lowest BCUT2D eigenvalue weighted by atomic mass is 9.86. The van der Waals surface area contributed by atoms with E-state index in [1.165, 1.54) is 26.0 Å². The molecule has 3 fully saturated rings. The van der Waals surface area contributed by atoms with Gasteiger partial charge in [0, 0.05) is 51.9 Å². The van der Waals surface area contributed by atoms with Gasteiger partial charge in [0.05, 0.1) is 47.7 Å². The molecule has 2 saturated heterocycles. The highest BCUT2D eigenvalue weighted by Crippen LogP contribution is 2.35. The van der Waals surface area contributed by atoms with Gasteiger partial charge in [0.1, 0.15) is 17.4 Å². The molecular formula is C41H47F2N11O5. The summed E-state index contributed by atoms with van der Waals surface area (Å²) in [5, 5.41) is 13.5. The molecule has 8 rings (SSSR count). The monoisotopic (exact) mass is 811 g/mol. The van der Waals surface area contributed by atoms with Gasteiger partial charge in [-0.1, -0.05) is 17.9 Å². The summed E-state index contributed by atoms with van der Waals surface area (Å²) >= 11 is 0. The molecule has 16 nitrogen and oxygen atoms in total. The molecule has 0 bridgehead atoms. The van der Waals surface area contributed by atoms with Crippen LogP contribution in [0.1, 0.15) is 91.5 Å². The van der Waals surface area contributed by atoms with E-state index in [0.717, 1.165) is 45.2 Å². The third kappa shape index (κ3) is 8.35. The number of rotatable bonds is 11. The molecule has 18 heteroatoms. The van der Waals surface area contributed by atoms with Crippen LogP contribution in [0.2, 0.25) is 0 Å². The number of morpholine rings is 1. The molecule has 6 heterocycles. The zero-order valence-electron chi connectivity index (χ0n) is 33.1. The minimum Gasteiger partial charge on any atom is -0.378 e. The van der Waals surface area contributed by atoms with E-state index in [9.17, 15) is 28.0 Å². The first-order chi connectivity index (χ1) is 28.5. The molecule has 59 heavy (non-hydrogen) atoms. The number of unbranched alkanes of at least 4 members (excludes halogenated alkanes) is 1. The van der Waals surface area contributed by atoms with E-state index in [1.54, 1.807) is 24.0 Å². The van der Waals surface area contributed by atoms with Crippen molar-refractivity contribution >= 4 is 45.9 Å². The number of para-hydroxylation sites is 1. The Morgan fingerprint density at radius 3 is 2.66 bits per heavy atom. The summed E-state index contributed by atoms with van der Waals surface area (Å²) in [7, 11) is 3.76. The van der Waals surface area contributed by atoms with Gasteiger partial charge in [-0.05, 0) is 76.2 Å². The van der Waals surface area contributed by atoms with Gasteiger partial charge in [0.25, 0.3) is 12.3 Å². The quantitative estimate of drug-likeness (QED) is 0.113. The number of imide groups is 1. The fraction of sp³-hybridized carbons (Fsp3) is 0.488. The number of nitrogens with zero attached hydrogens (tertiary/aromatic N) is 9. The summed E-state index contributed by atoms with van der Waals surface area (Å²) in [6.07, 6.45) is 7.11. The molecule has 1 aliphatic carbocycles. The summed E-state index contributed by atoms with van der Waals surface area (Å²) in [5.74, 6) is 6.23. The number of amides is 3. The van der Waals surface area contributed by atoms with Crippen LogP contribution in [0.25, 0.3) is 16.7 Å². The summed E-state index contributed by atoms with van der Waals surface area (Å²) in [5.41, 5.74) is 1.66. The van der Waals surface area contributed by atoms with Gasteiger partial charge in [-0.15, -0.1) is 0 Å². The second-order valence-corrected chi connectivity index (χ2v) is 15.6. The average molecular weight is 812 g/mol. The van der Waals surface area contributed by atoms with Crippen LogP contribution in [0.3, 0.4) is 0 Å². The molecule has 310 valence electrons. The normalized spacial score (nSPS) is 20.0. The van der Waals surface area contributed by atoms with Crippen molar-refractivity contribution in [3.8, 4) is 11.8 Å². The number of halogens is 2. The SMILES string of the molecule is CN(CCCC#Cc1cccc2c1n(C)c(=O)n2C1CCC(=O)NC1=O)CC1CCC(n2cc(NC(=O)c3cnn4ccc(N5CCOCC5)nc34)c(C(F)F)n2)CC1. The first kappa shape index (κ1) is 39.9. The number of benzene rings is 1. The van der Waals surface area contributed by atoms with Crippen LogP contribution >= 0.6 is 0 Å². The first-order valence-electron chi connectivity index (χ1n) is 20.1. The van der Waals surface area contributed by atoms with E-state index in [1.807, 2.05) is 18.2 Å². The lowest BCUT2D eigenvalue weighted by Gasteiger charge is -2.31. The molecule has 2 aliphatic heterocycles. The van der Waals surface area contributed by atoms with Gasteiger partial charge >= 0.3 is 5.69 Å². The number of ether oxygens (including phenoxy) is 1. The van der Waals surface area contributed by atoms with E-state index in [4.69, 9.17) is 4.74 Å². The smallest absolute Gasteiger partial charge is 0.329 e. The zero-order valence-corrected chi connectivity index (χ0v) is 33.1. The lowest BCUT2D eigenvalue weighted by Crippen LogP contribution is -2.44. The Morgan fingerprint density at radius 1 is 1.10 bits per heavy atom. The van der Waals surface area contributed by atoms with Crippen LogP contribution in [-0.4, -0.2) is 103 Å². The number of anilines is 2. The maximum Gasteiger partial charge on any atom is 0.329 e. The Balaban J connectivity index is 0.832. The third-order valence-electron chi connectivity index (χ3n) is 11.6. The van der Waals surface area contributed by atoms with E-state index in [0.29, 0.717) is 66.7 Å². The zero-order chi connectivity index (χ0) is 41.2. The van der Waals surface area contributed by atoms with Crippen LogP contribution in [0.5, 0.6) is 0 Å². The van der Waals surface area contributed by atoms with Crippen LogP contribution in [0.15, 0.2) is 47.7 Å². The molecule has 1 aromatic carbocycles. The fourth-order valence-electron chi connectivity index (χ4n) is 8.52. The molecule has 0 radical (unpaired) electrons. The van der Waals surface area contributed by atoms with Crippen molar-refractivity contribution in [2.45, 2.75) is 69.9 Å². The number of hydrogen-bond acceptors (Lipinski definition) is 10. The van der Waals surface area contributed by atoms with E-state index in [2.05, 4.69) is 54.5 Å². The van der Waals surface area contributed by atoms with Crippen molar-refractivity contribution in [3.63, 3.8) is 0 Å². The molecule has 1 unspecified atom stereocenters. The first-order valence-corrected chi connectivity index (χ1v) is 20.1. The third-order valence-corrected chi connectivity index (χ3v) is 11.6. The number of fused-ring (bicyclic) bond motifs is 2. The van der Waals surface area contributed by atoms with E-state index < -0.39 is 30.0 Å². The highest BCUT2D eigenvalue weighted by Gasteiger charge is 2.32. The number of aromatic nitrogens is 7. The van der Waals surface area contributed by atoms with Crippen molar-refractivity contribution in [2.24, 2.45) is 13.0 Å². The lowest BCUT2D eigenvalue weighted by molar-refractivity contribution is -0.135. The number of nitrogens with one attached hydrogen (secondary N) is 2. The molecule has 1 atom stereocenters. The van der Waals surface area contributed by atoms with Crippen molar-refractivity contribution in [1.29, 1.82) is 0 Å². The van der Waals surface area contributed by atoms with Gasteiger partial charge < -0.3 is 19.9 Å². The molecule has 2 N–H and O–H groups in total. The number of aryl methyl sites for hydroxylation is 1. The Hall–Kier alpha value is -5.93. The predicted molar refractivity (Wildman–Crippen MR) is 214 cm³/mol. The maximum atomic E-state index is 14.2. The van der Waals surface area contributed by atoms with Gasteiger partial charge in [-0.25, -0.2) is 23.1 Å². The number of piperidine rings is 1. The predicted octanol–water partition coefficient (Wildman–Crippen LogP) is 4.08. The van der Waals surface area contributed by atoms with Gasteiger partial charge in [0.15, 0.2) is 11.3 Å². The topological polar surface area (TPSA) is 166 Å². The van der Waals surface area contributed by atoms with E-state index >= 15 is 0 Å². The number of imidazole rings is 1. The maximum absolute atomic E-state index is 14.2. The summed E-state index contributed by atoms with van der Waals surface area (Å²) in [6.45, 7) is 4.25. The van der Waals surface area contributed by atoms with Gasteiger partial charge in [-0.3, -0.25) is 33.5 Å². The van der Waals surface area contributed by atoms with Crippen molar-refractivity contribution < 1.29 is 27.9 Å². The molecular weight excluding hydrogens is 765 g/mol. The summed E-state index contributed by atoms with van der Waals surface area (Å²) < 4.78 is 39.9. The number of carbonyl (C=O) groups excluding carboxylic acids is 3. The van der Waals surface area contributed by atoms with Crippen molar-refractivity contribution in [3.05, 3.63) is 70.2 Å². The summed E-state index contributed by atoms with van der Waals surface area (Å²) in [6, 6.07) is 6.49. The molecule has 5 aromatic rings. The fourth-order valence-corrected chi connectivity index (χ4v) is 8.52. The number of hydrogen-bond donors (Lipinski definition) is 2. The molecule has 3 amide bonds. The Labute approximate surface area is 338 Å². The van der Waals surface area contributed by atoms with Crippen molar-refractivity contribution in [2.75, 3.05) is 56.7 Å². The van der Waals surface area contributed by atoms with Gasteiger partial charge in [-0.2, -0.15) is 10.2 Å². The number of alkyl halides is 2. The van der Waals surface area contributed by atoms with Crippen LogP contribution in [0.4, 0.5) is 20.3 Å².